The zero-order valence-electron chi connectivity index (χ0n) is 21.1. The fraction of sp³-hybridized carbons (Fsp3) is 0.448. The lowest BCUT2D eigenvalue weighted by Crippen LogP contribution is -2.40. The van der Waals surface area contributed by atoms with E-state index in [9.17, 15) is 14.7 Å². The molecule has 34 heavy (non-hydrogen) atoms. The van der Waals surface area contributed by atoms with Crippen molar-refractivity contribution in [1.82, 2.24) is 0 Å². The first-order chi connectivity index (χ1) is 15.9. The second-order valence-corrected chi connectivity index (χ2v) is 10.9. The van der Waals surface area contributed by atoms with Gasteiger partial charge >= 0.3 is 11.9 Å². The Morgan fingerprint density at radius 2 is 1.35 bits per heavy atom. The van der Waals surface area contributed by atoms with Crippen molar-refractivity contribution in [3.8, 4) is 0 Å². The summed E-state index contributed by atoms with van der Waals surface area (Å²) in [6.45, 7) is 11.7. The summed E-state index contributed by atoms with van der Waals surface area (Å²) in [4.78, 5) is 26.0. The van der Waals surface area contributed by atoms with E-state index in [1.54, 1.807) is 0 Å². The molecule has 0 saturated heterocycles. The SMILES string of the molecule is CC(C)C(C)(CC(C)(C)C)C(=O)OCC(O)COC(=O)c1c2ccccc2cc2ccccc12. The van der Waals surface area contributed by atoms with Crippen molar-refractivity contribution >= 4 is 33.5 Å². The van der Waals surface area contributed by atoms with E-state index in [2.05, 4.69) is 20.8 Å². The van der Waals surface area contributed by atoms with Gasteiger partial charge in [0.15, 0.2) is 0 Å². The van der Waals surface area contributed by atoms with E-state index in [-0.39, 0.29) is 30.5 Å². The van der Waals surface area contributed by atoms with Crippen molar-refractivity contribution in [2.75, 3.05) is 13.2 Å². The van der Waals surface area contributed by atoms with Crippen LogP contribution in [0.4, 0.5) is 0 Å². The quantitative estimate of drug-likeness (QED) is 0.320. The first-order valence-corrected chi connectivity index (χ1v) is 11.9. The molecule has 0 amide bonds. The molecule has 3 rings (SSSR count). The van der Waals surface area contributed by atoms with E-state index in [1.807, 2.05) is 75.4 Å². The second-order valence-electron chi connectivity index (χ2n) is 10.9. The first-order valence-electron chi connectivity index (χ1n) is 11.9. The molecule has 2 atom stereocenters. The Morgan fingerprint density at radius 1 is 0.853 bits per heavy atom. The molecular weight excluding hydrogens is 428 g/mol. The summed E-state index contributed by atoms with van der Waals surface area (Å²) < 4.78 is 10.9. The molecule has 3 aromatic carbocycles. The van der Waals surface area contributed by atoms with Crippen LogP contribution in [0.25, 0.3) is 21.5 Å². The van der Waals surface area contributed by atoms with Gasteiger partial charge in [0.25, 0.3) is 0 Å². The van der Waals surface area contributed by atoms with Crippen molar-refractivity contribution in [2.45, 2.75) is 54.1 Å². The zero-order valence-corrected chi connectivity index (χ0v) is 21.1. The lowest BCUT2D eigenvalue weighted by Gasteiger charge is -2.37. The fourth-order valence-electron chi connectivity index (χ4n) is 4.48. The van der Waals surface area contributed by atoms with E-state index in [4.69, 9.17) is 9.47 Å². The number of benzene rings is 3. The molecule has 0 aliphatic carbocycles. The van der Waals surface area contributed by atoms with Crippen LogP contribution < -0.4 is 0 Å². The van der Waals surface area contributed by atoms with Crippen LogP contribution in [0.15, 0.2) is 54.6 Å². The number of carbonyl (C=O) groups excluding carboxylic acids is 2. The average Bonchev–Trinajstić information content (AvgIpc) is 2.77. The highest BCUT2D eigenvalue weighted by molar-refractivity contribution is 6.16. The number of rotatable bonds is 8. The predicted octanol–water partition coefficient (Wildman–Crippen LogP) is 6.15. The van der Waals surface area contributed by atoms with Gasteiger partial charge in [-0.3, -0.25) is 4.79 Å². The zero-order chi connectivity index (χ0) is 25.1. The molecular formula is C29H36O5. The summed E-state index contributed by atoms with van der Waals surface area (Å²) in [5.41, 5.74) is -0.250. The van der Waals surface area contributed by atoms with Crippen molar-refractivity contribution in [1.29, 1.82) is 0 Å². The number of hydrogen-bond donors (Lipinski definition) is 1. The minimum atomic E-state index is -1.11. The van der Waals surface area contributed by atoms with Crippen LogP contribution in [0.5, 0.6) is 0 Å². The van der Waals surface area contributed by atoms with Crippen LogP contribution >= 0.6 is 0 Å². The molecule has 0 aromatic heterocycles. The lowest BCUT2D eigenvalue weighted by molar-refractivity contribution is -0.163. The summed E-state index contributed by atoms with van der Waals surface area (Å²) in [7, 11) is 0. The highest BCUT2D eigenvalue weighted by atomic mass is 16.6. The average molecular weight is 465 g/mol. The molecule has 0 saturated carbocycles. The Labute approximate surface area is 202 Å². The van der Waals surface area contributed by atoms with Gasteiger partial charge in [0.2, 0.25) is 0 Å². The summed E-state index contributed by atoms with van der Waals surface area (Å²) in [5.74, 6) is -0.783. The largest absolute Gasteiger partial charge is 0.462 e. The van der Waals surface area contributed by atoms with Crippen LogP contribution in [0.1, 0.15) is 58.3 Å². The molecule has 3 aromatic rings. The normalized spacial score (nSPS) is 14.7. The van der Waals surface area contributed by atoms with Gasteiger partial charge in [0.05, 0.1) is 11.0 Å². The van der Waals surface area contributed by atoms with Crippen LogP contribution in [-0.4, -0.2) is 36.4 Å². The van der Waals surface area contributed by atoms with E-state index < -0.39 is 17.5 Å². The Bertz CT molecular complexity index is 1120. The molecule has 0 radical (unpaired) electrons. The summed E-state index contributed by atoms with van der Waals surface area (Å²) in [6.07, 6.45) is -0.448. The van der Waals surface area contributed by atoms with Gasteiger partial charge in [-0.05, 0) is 52.3 Å². The third-order valence-electron chi connectivity index (χ3n) is 6.43. The van der Waals surface area contributed by atoms with Crippen LogP contribution in [-0.2, 0) is 14.3 Å². The molecule has 182 valence electrons. The van der Waals surface area contributed by atoms with E-state index >= 15 is 0 Å². The number of ether oxygens (including phenoxy) is 2. The maximum atomic E-state index is 13.1. The molecule has 5 heteroatoms. The van der Waals surface area contributed by atoms with Gasteiger partial charge in [0.1, 0.15) is 19.3 Å². The number of aliphatic hydroxyl groups is 1. The predicted molar refractivity (Wildman–Crippen MR) is 136 cm³/mol. The molecule has 0 bridgehead atoms. The molecule has 2 unspecified atom stereocenters. The highest BCUT2D eigenvalue weighted by Gasteiger charge is 2.41. The van der Waals surface area contributed by atoms with E-state index in [1.165, 1.54) is 0 Å². The minimum absolute atomic E-state index is 0.0482. The molecule has 0 aliphatic rings. The van der Waals surface area contributed by atoms with E-state index in [0.717, 1.165) is 21.5 Å². The number of aliphatic hydroxyl groups excluding tert-OH is 1. The maximum Gasteiger partial charge on any atom is 0.339 e. The Morgan fingerprint density at radius 3 is 1.85 bits per heavy atom. The summed E-state index contributed by atoms with van der Waals surface area (Å²) >= 11 is 0. The van der Waals surface area contributed by atoms with Gasteiger partial charge in [-0.25, -0.2) is 4.79 Å². The first kappa shape index (κ1) is 25.7. The van der Waals surface area contributed by atoms with E-state index in [0.29, 0.717) is 12.0 Å². The van der Waals surface area contributed by atoms with Gasteiger partial charge in [-0.1, -0.05) is 83.1 Å². The number of fused-ring (bicyclic) bond motifs is 2. The van der Waals surface area contributed by atoms with Crippen molar-refractivity contribution in [2.24, 2.45) is 16.7 Å². The van der Waals surface area contributed by atoms with Crippen molar-refractivity contribution < 1.29 is 24.2 Å². The number of carbonyl (C=O) groups is 2. The lowest BCUT2D eigenvalue weighted by atomic mass is 9.69. The van der Waals surface area contributed by atoms with Crippen molar-refractivity contribution in [3.63, 3.8) is 0 Å². The van der Waals surface area contributed by atoms with Gasteiger partial charge in [0, 0.05) is 0 Å². The monoisotopic (exact) mass is 464 g/mol. The van der Waals surface area contributed by atoms with Crippen molar-refractivity contribution in [3.05, 3.63) is 60.2 Å². The van der Waals surface area contributed by atoms with Crippen LogP contribution in [0.3, 0.4) is 0 Å². The molecule has 5 nitrogen and oxygen atoms in total. The third kappa shape index (κ3) is 5.76. The molecule has 0 heterocycles. The molecule has 1 N–H and O–H groups in total. The number of hydrogen-bond acceptors (Lipinski definition) is 5. The highest BCUT2D eigenvalue weighted by Crippen LogP contribution is 2.40. The Hall–Kier alpha value is -2.92. The van der Waals surface area contributed by atoms with Gasteiger partial charge < -0.3 is 14.6 Å². The smallest absolute Gasteiger partial charge is 0.339 e. The third-order valence-corrected chi connectivity index (χ3v) is 6.43. The molecule has 0 spiro atoms. The second kappa shape index (κ2) is 10.1. The summed E-state index contributed by atoms with van der Waals surface area (Å²) in [5, 5.41) is 13.9. The summed E-state index contributed by atoms with van der Waals surface area (Å²) in [6, 6.07) is 17.3. The maximum absolute atomic E-state index is 13.1. The molecule has 0 aliphatic heterocycles. The number of esters is 2. The van der Waals surface area contributed by atoms with Gasteiger partial charge in [-0.15, -0.1) is 0 Å². The topological polar surface area (TPSA) is 72.8 Å². The van der Waals surface area contributed by atoms with Gasteiger partial charge in [-0.2, -0.15) is 0 Å². The molecule has 0 fully saturated rings. The van der Waals surface area contributed by atoms with Crippen LogP contribution in [0.2, 0.25) is 0 Å². The Balaban J connectivity index is 1.69. The fourth-order valence-corrected chi connectivity index (χ4v) is 4.48. The van der Waals surface area contributed by atoms with Crippen LogP contribution in [0, 0.1) is 16.7 Å². The Kier molecular flexibility index (Phi) is 7.67. The standard InChI is InChI=1S/C29H36O5/c1-19(2)29(6,18-28(3,4)5)27(32)34-17-22(30)16-33-26(31)25-23-13-9-7-11-20(23)15-21-12-8-10-14-24(21)25/h7-15,19,22,30H,16-18H2,1-6H3. The minimum Gasteiger partial charge on any atom is -0.462 e.